The lowest BCUT2D eigenvalue weighted by molar-refractivity contribution is -0.157. The van der Waals surface area contributed by atoms with Crippen molar-refractivity contribution in [3.05, 3.63) is 95.8 Å². The van der Waals surface area contributed by atoms with Crippen molar-refractivity contribution in [2.24, 2.45) is 0 Å². The molecule has 10 nitrogen and oxygen atoms in total. The third kappa shape index (κ3) is 5.91. The fourth-order valence-electron chi connectivity index (χ4n) is 5.36. The molecule has 0 bridgehead atoms. The topological polar surface area (TPSA) is 109 Å². The number of fused-ring (bicyclic) bond motifs is 1. The molecule has 3 heterocycles. The van der Waals surface area contributed by atoms with Gasteiger partial charge in [0, 0.05) is 25.7 Å². The van der Waals surface area contributed by atoms with Crippen molar-refractivity contribution >= 4 is 17.8 Å². The molecule has 2 saturated heterocycles. The summed E-state index contributed by atoms with van der Waals surface area (Å²) in [6, 6.07) is 20.9. The van der Waals surface area contributed by atoms with Gasteiger partial charge in [0.1, 0.15) is 18.0 Å². The summed E-state index contributed by atoms with van der Waals surface area (Å²) in [6.07, 6.45) is 2.17. The van der Waals surface area contributed by atoms with Crippen molar-refractivity contribution in [2.45, 2.75) is 45.1 Å². The first-order valence-electron chi connectivity index (χ1n) is 13.6. The second-order valence-electron chi connectivity index (χ2n) is 10.1. The quantitative estimate of drug-likeness (QED) is 0.431. The molecular formula is C30H34N6O4. The number of phenolic OH excluding ortho intramolecular Hbond substituents is 1. The molecule has 5 rings (SSSR count). The Morgan fingerprint density at radius 1 is 1.02 bits per heavy atom. The highest BCUT2D eigenvalue weighted by Gasteiger charge is 2.52. The van der Waals surface area contributed by atoms with Crippen molar-refractivity contribution in [1.29, 1.82) is 0 Å². The number of carbonyl (C=O) groups excluding carboxylic acids is 3. The molecular weight excluding hydrogens is 508 g/mol. The number of urea groups is 1. The van der Waals surface area contributed by atoms with E-state index in [0.29, 0.717) is 32.5 Å². The molecule has 1 aromatic heterocycles. The van der Waals surface area contributed by atoms with Crippen LogP contribution in [0.4, 0.5) is 4.79 Å². The minimum atomic E-state index is -0.750. The summed E-state index contributed by atoms with van der Waals surface area (Å²) in [7, 11) is 0. The largest absolute Gasteiger partial charge is 0.508 e. The van der Waals surface area contributed by atoms with Crippen LogP contribution in [0.25, 0.3) is 0 Å². The highest BCUT2D eigenvalue weighted by Crippen LogP contribution is 2.30. The van der Waals surface area contributed by atoms with Crippen LogP contribution in [0.2, 0.25) is 0 Å². The summed E-state index contributed by atoms with van der Waals surface area (Å²) in [5, 5.41) is 16.1. The van der Waals surface area contributed by atoms with Crippen molar-refractivity contribution in [1.82, 2.24) is 30.1 Å². The van der Waals surface area contributed by atoms with Gasteiger partial charge in [0.2, 0.25) is 11.8 Å². The van der Waals surface area contributed by atoms with Crippen molar-refractivity contribution in [3.63, 3.8) is 0 Å². The number of benzene rings is 2. The number of amides is 4. The molecule has 2 aromatic carbocycles. The molecule has 40 heavy (non-hydrogen) atoms. The van der Waals surface area contributed by atoms with E-state index in [1.54, 1.807) is 50.3 Å². The Morgan fingerprint density at radius 3 is 2.48 bits per heavy atom. The Hall–Kier alpha value is -4.44. The van der Waals surface area contributed by atoms with Gasteiger partial charge < -0.3 is 20.2 Å². The van der Waals surface area contributed by atoms with Crippen LogP contribution in [-0.4, -0.2) is 79.6 Å². The highest BCUT2D eigenvalue weighted by molar-refractivity contribution is 5.91. The Kier molecular flexibility index (Phi) is 8.26. The van der Waals surface area contributed by atoms with Gasteiger partial charge in [-0.15, -0.1) is 0 Å². The molecule has 2 N–H and O–H groups in total. The third-order valence-electron chi connectivity index (χ3n) is 7.28. The Morgan fingerprint density at radius 2 is 1.77 bits per heavy atom. The monoisotopic (exact) mass is 542 g/mol. The summed E-state index contributed by atoms with van der Waals surface area (Å²) in [6.45, 7) is 3.32. The smallest absolute Gasteiger partial charge is 0.332 e. The lowest BCUT2D eigenvalue weighted by Crippen LogP contribution is -2.66. The molecule has 2 atom stereocenters. The predicted molar refractivity (Wildman–Crippen MR) is 148 cm³/mol. The molecule has 0 saturated carbocycles. The predicted octanol–water partition coefficient (Wildman–Crippen LogP) is 2.75. The molecule has 0 aliphatic carbocycles. The first-order valence-corrected chi connectivity index (χ1v) is 13.6. The first-order chi connectivity index (χ1) is 19.4. The second-order valence-corrected chi connectivity index (χ2v) is 10.1. The van der Waals surface area contributed by atoms with Crippen LogP contribution < -0.4 is 5.32 Å². The maximum Gasteiger partial charge on any atom is 0.332 e. The average molecular weight is 543 g/mol. The van der Waals surface area contributed by atoms with Crippen LogP contribution in [0.5, 0.6) is 5.75 Å². The summed E-state index contributed by atoms with van der Waals surface area (Å²) < 4.78 is 0. The Balaban J connectivity index is 1.42. The number of nitrogens with zero attached hydrogens (tertiary/aromatic N) is 5. The molecule has 3 aromatic rings. The minimum Gasteiger partial charge on any atom is -0.508 e. The number of pyridine rings is 1. The average Bonchev–Trinajstić information content (AvgIpc) is 3.29. The van der Waals surface area contributed by atoms with Gasteiger partial charge in [0.05, 0.1) is 25.3 Å². The zero-order valence-electron chi connectivity index (χ0n) is 22.5. The number of aromatic nitrogens is 1. The summed E-state index contributed by atoms with van der Waals surface area (Å²) in [5.74, 6) is -0.231. The number of hydrogen-bond donors (Lipinski definition) is 2. The van der Waals surface area contributed by atoms with Gasteiger partial charge in [-0.05, 0) is 41.8 Å². The van der Waals surface area contributed by atoms with Crippen LogP contribution in [0.1, 0.15) is 30.2 Å². The van der Waals surface area contributed by atoms with E-state index in [1.807, 2.05) is 55.5 Å². The van der Waals surface area contributed by atoms with Crippen molar-refractivity contribution < 1.29 is 19.5 Å². The van der Waals surface area contributed by atoms with Gasteiger partial charge >= 0.3 is 6.03 Å². The number of carbonyl (C=O) groups is 3. The van der Waals surface area contributed by atoms with Gasteiger partial charge in [0.15, 0.2) is 0 Å². The number of phenols is 1. The molecule has 10 heteroatoms. The number of rotatable bonds is 9. The summed E-state index contributed by atoms with van der Waals surface area (Å²) in [4.78, 5) is 48.5. The highest BCUT2D eigenvalue weighted by atomic mass is 16.3. The minimum absolute atomic E-state index is 0.000207. The maximum absolute atomic E-state index is 13.8. The van der Waals surface area contributed by atoms with Gasteiger partial charge in [-0.3, -0.25) is 19.6 Å². The van der Waals surface area contributed by atoms with Gasteiger partial charge in [-0.25, -0.2) is 4.79 Å². The summed E-state index contributed by atoms with van der Waals surface area (Å²) in [5.41, 5.74) is 2.55. The zero-order valence-corrected chi connectivity index (χ0v) is 22.5. The SMILES string of the molecule is CCCN(C(=O)NCc1ccccc1)N1CC(=O)N2[C@@H](Cc3ccc(O)cc3)C(=O)N(Cc3ccccn3)C[C@@H]21. The fourth-order valence-corrected chi connectivity index (χ4v) is 5.36. The number of nitrogens with one attached hydrogen (secondary N) is 1. The van der Waals surface area contributed by atoms with Gasteiger partial charge in [0.25, 0.3) is 0 Å². The van der Waals surface area contributed by atoms with E-state index in [0.717, 1.165) is 16.8 Å². The fraction of sp³-hybridized carbons (Fsp3) is 0.333. The number of hydrazine groups is 1. The lowest BCUT2D eigenvalue weighted by Gasteiger charge is -2.46. The second kappa shape index (κ2) is 12.2. The van der Waals surface area contributed by atoms with Crippen LogP contribution in [-0.2, 0) is 29.1 Å². The van der Waals surface area contributed by atoms with Crippen molar-refractivity contribution in [3.8, 4) is 5.75 Å². The molecule has 208 valence electrons. The molecule has 0 spiro atoms. The summed E-state index contributed by atoms with van der Waals surface area (Å²) >= 11 is 0. The van der Waals surface area contributed by atoms with Crippen LogP contribution >= 0.6 is 0 Å². The Bertz CT molecular complexity index is 1320. The zero-order chi connectivity index (χ0) is 28.1. The molecule has 2 aliphatic heterocycles. The molecule has 2 aliphatic rings. The van der Waals surface area contributed by atoms with E-state index in [9.17, 15) is 19.5 Å². The van der Waals surface area contributed by atoms with E-state index in [2.05, 4.69) is 10.3 Å². The van der Waals surface area contributed by atoms with Gasteiger partial charge in [-0.1, -0.05) is 55.5 Å². The van der Waals surface area contributed by atoms with E-state index >= 15 is 0 Å². The van der Waals surface area contributed by atoms with Crippen LogP contribution in [0.3, 0.4) is 0 Å². The normalized spacial score (nSPS) is 19.0. The number of aromatic hydroxyl groups is 1. The number of hydrogen-bond acceptors (Lipinski definition) is 6. The third-order valence-corrected chi connectivity index (χ3v) is 7.28. The van der Waals surface area contributed by atoms with Crippen LogP contribution in [0.15, 0.2) is 79.0 Å². The van der Waals surface area contributed by atoms with E-state index in [-0.39, 0.29) is 36.7 Å². The maximum atomic E-state index is 13.8. The standard InChI is InChI=1S/C30H34N6O4/c1-2-16-34(30(40)32-18-23-8-4-3-5-9-23)35-21-28(38)36-26(17-22-11-13-25(37)14-12-22)29(39)33(20-27(35)36)19-24-10-6-7-15-31-24/h3-15,26-27,37H,2,16-21H2,1H3,(H,32,40)/t26-,27+/m0/s1. The Labute approximate surface area is 233 Å². The van der Waals surface area contributed by atoms with Gasteiger partial charge in [-0.2, -0.15) is 5.01 Å². The van der Waals surface area contributed by atoms with E-state index in [1.165, 1.54) is 0 Å². The van der Waals surface area contributed by atoms with Crippen LogP contribution in [0, 0.1) is 0 Å². The molecule has 2 fully saturated rings. The van der Waals surface area contributed by atoms with E-state index < -0.39 is 12.2 Å². The lowest BCUT2D eigenvalue weighted by atomic mass is 10.00. The molecule has 0 unspecified atom stereocenters. The van der Waals surface area contributed by atoms with Crippen molar-refractivity contribution in [2.75, 3.05) is 19.6 Å². The first kappa shape index (κ1) is 27.1. The van der Waals surface area contributed by atoms with E-state index in [4.69, 9.17) is 0 Å². The molecule has 0 radical (unpaired) electrons. The molecule has 4 amide bonds. The number of piperazine rings is 1.